The van der Waals surface area contributed by atoms with E-state index in [1.807, 2.05) is 37.3 Å². The number of guanidine groups is 1. The van der Waals surface area contributed by atoms with Gasteiger partial charge in [-0.25, -0.2) is 9.38 Å². The lowest BCUT2D eigenvalue weighted by Gasteiger charge is -2.19. The summed E-state index contributed by atoms with van der Waals surface area (Å²) in [5.74, 6) is 1.08. The molecular formula is C24H32FIN4O2. The smallest absolute Gasteiger partial charge is 0.259 e. The molecule has 2 aromatic rings. The minimum absolute atomic E-state index is 0. The van der Waals surface area contributed by atoms with Crippen LogP contribution in [0.15, 0.2) is 53.5 Å². The Morgan fingerprint density at radius 2 is 1.91 bits per heavy atom. The number of carbonyl (C=O) groups excluding carboxylic acids is 1. The monoisotopic (exact) mass is 554 g/mol. The fourth-order valence-electron chi connectivity index (χ4n) is 3.31. The zero-order valence-corrected chi connectivity index (χ0v) is 21.2. The molecule has 8 heteroatoms. The number of benzene rings is 2. The van der Waals surface area contributed by atoms with Crippen LogP contribution in [0.3, 0.4) is 0 Å². The number of nitrogens with zero attached hydrogens (tertiary/aromatic N) is 2. The average Bonchev–Trinajstić information content (AvgIpc) is 3.55. The van der Waals surface area contributed by atoms with Gasteiger partial charge in [0.1, 0.15) is 11.6 Å². The third-order valence-electron chi connectivity index (χ3n) is 5.41. The molecule has 1 fully saturated rings. The van der Waals surface area contributed by atoms with Crippen LogP contribution >= 0.6 is 24.0 Å². The van der Waals surface area contributed by atoms with Gasteiger partial charge in [0.05, 0.1) is 6.54 Å². The number of rotatable bonds is 9. The van der Waals surface area contributed by atoms with Crippen molar-refractivity contribution >= 4 is 35.8 Å². The first-order chi connectivity index (χ1) is 14.9. The molecule has 1 saturated carbocycles. The van der Waals surface area contributed by atoms with E-state index in [0.717, 1.165) is 36.5 Å². The standard InChI is InChI=1S/C24H31FN4O2.HI/c1-4-26-23(28-17-24(11-12-24)19-8-6-9-20(25)14-19)27-15-18-7-5-10-21(13-18)31-16-22(30)29(2)3;/h5-10,13-14H,4,11-12,15-17H2,1-3H3,(H2,26,27,28);1H. The fraction of sp³-hybridized carbons (Fsp3) is 0.417. The lowest BCUT2D eigenvalue weighted by atomic mass is 9.96. The minimum atomic E-state index is -0.196. The number of amides is 1. The molecule has 0 aliphatic heterocycles. The highest BCUT2D eigenvalue weighted by Crippen LogP contribution is 2.47. The molecule has 2 aromatic carbocycles. The molecule has 1 aliphatic rings. The predicted molar refractivity (Wildman–Crippen MR) is 136 cm³/mol. The van der Waals surface area contributed by atoms with Crippen molar-refractivity contribution in [3.63, 3.8) is 0 Å². The van der Waals surface area contributed by atoms with Crippen molar-refractivity contribution in [3.8, 4) is 5.75 Å². The zero-order chi connectivity index (χ0) is 22.3. The summed E-state index contributed by atoms with van der Waals surface area (Å²) in [5.41, 5.74) is 2.00. The first-order valence-electron chi connectivity index (χ1n) is 10.6. The van der Waals surface area contributed by atoms with Crippen LogP contribution in [0.1, 0.15) is 30.9 Å². The summed E-state index contributed by atoms with van der Waals surface area (Å²) in [7, 11) is 3.40. The number of hydrogen-bond acceptors (Lipinski definition) is 3. The van der Waals surface area contributed by atoms with E-state index in [-0.39, 0.29) is 47.7 Å². The number of aliphatic imine (C=N–C) groups is 1. The van der Waals surface area contributed by atoms with Crippen molar-refractivity contribution in [3.05, 3.63) is 65.5 Å². The Hall–Kier alpha value is -2.36. The van der Waals surface area contributed by atoms with Crippen LogP contribution in [0.5, 0.6) is 5.75 Å². The fourth-order valence-corrected chi connectivity index (χ4v) is 3.31. The molecule has 1 aliphatic carbocycles. The lowest BCUT2D eigenvalue weighted by Crippen LogP contribution is -2.41. The summed E-state index contributed by atoms with van der Waals surface area (Å²) in [6.45, 7) is 3.95. The number of hydrogen-bond donors (Lipinski definition) is 2. The van der Waals surface area contributed by atoms with Gasteiger partial charge >= 0.3 is 0 Å². The molecule has 2 N–H and O–H groups in total. The minimum Gasteiger partial charge on any atom is -0.484 e. The van der Waals surface area contributed by atoms with E-state index in [1.165, 1.54) is 11.0 Å². The molecule has 32 heavy (non-hydrogen) atoms. The Kier molecular flexibility index (Phi) is 9.74. The van der Waals surface area contributed by atoms with Crippen LogP contribution in [0, 0.1) is 5.82 Å². The maximum atomic E-state index is 13.6. The summed E-state index contributed by atoms with van der Waals surface area (Å²) >= 11 is 0. The first-order valence-corrected chi connectivity index (χ1v) is 10.6. The lowest BCUT2D eigenvalue weighted by molar-refractivity contribution is -0.130. The van der Waals surface area contributed by atoms with Gasteiger partial charge in [-0.2, -0.15) is 0 Å². The summed E-state index contributed by atoms with van der Waals surface area (Å²) < 4.78 is 19.2. The first kappa shape index (κ1) is 25.9. The Labute approximate surface area is 206 Å². The second kappa shape index (κ2) is 12.0. The molecule has 3 rings (SSSR count). The van der Waals surface area contributed by atoms with E-state index in [1.54, 1.807) is 26.2 Å². The van der Waals surface area contributed by atoms with Gasteiger partial charge in [0, 0.05) is 32.6 Å². The molecule has 0 atom stereocenters. The maximum Gasteiger partial charge on any atom is 0.259 e. The number of carbonyl (C=O) groups is 1. The zero-order valence-electron chi connectivity index (χ0n) is 18.9. The van der Waals surface area contributed by atoms with Crippen LogP contribution in [-0.4, -0.2) is 50.6 Å². The Morgan fingerprint density at radius 3 is 2.56 bits per heavy atom. The number of likely N-dealkylation sites (N-methyl/N-ethyl adjacent to an activating group) is 1. The molecule has 0 bridgehead atoms. The van der Waals surface area contributed by atoms with Gasteiger partial charge in [-0.3, -0.25) is 4.79 Å². The van der Waals surface area contributed by atoms with E-state index < -0.39 is 0 Å². The molecule has 1 amide bonds. The van der Waals surface area contributed by atoms with Crippen LogP contribution < -0.4 is 15.4 Å². The summed E-state index contributed by atoms with van der Waals surface area (Å²) in [4.78, 5) is 17.9. The topological polar surface area (TPSA) is 66.0 Å². The van der Waals surface area contributed by atoms with Crippen molar-refractivity contribution in [1.29, 1.82) is 0 Å². The van der Waals surface area contributed by atoms with Gasteiger partial charge in [-0.15, -0.1) is 24.0 Å². The van der Waals surface area contributed by atoms with Gasteiger partial charge in [-0.1, -0.05) is 24.3 Å². The SMILES string of the molecule is CCNC(=NCc1cccc(OCC(=O)N(C)C)c1)NCC1(c2cccc(F)c2)CC1.I. The molecule has 0 radical (unpaired) electrons. The average molecular weight is 554 g/mol. The maximum absolute atomic E-state index is 13.6. The van der Waals surface area contributed by atoms with Gasteiger partial charge in [-0.05, 0) is 55.2 Å². The van der Waals surface area contributed by atoms with Crippen molar-refractivity contribution < 1.29 is 13.9 Å². The largest absolute Gasteiger partial charge is 0.484 e. The molecule has 0 unspecified atom stereocenters. The third-order valence-corrected chi connectivity index (χ3v) is 5.41. The third kappa shape index (κ3) is 7.36. The Bertz CT molecular complexity index is 932. The van der Waals surface area contributed by atoms with E-state index in [9.17, 15) is 9.18 Å². The van der Waals surface area contributed by atoms with Gasteiger partial charge in [0.25, 0.3) is 5.91 Å². The Balaban J connectivity index is 0.00000363. The normalized spacial score (nSPS) is 14.2. The molecule has 174 valence electrons. The van der Waals surface area contributed by atoms with Crippen molar-refractivity contribution in [1.82, 2.24) is 15.5 Å². The number of ether oxygens (including phenoxy) is 1. The quantitative estimate of drug-likeness (QED) is 0.282. The molecule has 0 aromatic heterocycles. The van der Waals surface area contributed by atoms with E-state index >= 15 is 0 Å². The van der Waals surface area contributed by atoms with E-state index in [4.69, 9.17) is 4.74 Å². The van der Waals surface area contributed by atoms with Crippen molar-refractivity contribution in [2.24, 2.45) is 4.99 Å². The molecule has 6 nitrogen and oxygen atoms in total. The predicted octanol–water partition coefficient (Wildman–Crippen LogP) is 3.70. The highest BCUT2D eigenvalue weighted by atomic mass is 127. The van der Waals surface area contributed by atoms with Crippen molar-refractivity contribution in [2.45, 2.75) is 31.7 Å². The Morgan fingerprint density at radius 1 is 1.16 bits per heavy atom. The van der Waals surface area contributed by atoms with Crippen LogP contribution in [-0.2, 0) is 16.8 Å². The van der Waals surface area contributed by atoms with Gasteiger partial charge in [0.2, 0.25) is 0 Å². The van der Waals surface area contributed by atoms with Crippen LogP contribution in [0.4, 0.5) is 4.39 Å². The number of halogens is 2. The summed E-state index contributed by atoms with van der Waals surface area (Å²) in [6.07, 6.45) is 2.07. The van der Waals surface area contributed by atoms with Gasteiger partial charge < -0.3 is 20.3 Å². The van der Waals surface area contributed by atoms with Crippen LogP contribution in [0.25, 0.3) is 0 Å². The molecule has 0 spiro atoms. The molecular weight excluding hydrogens is 522 g/mol. The van der Waals surface area contributed by atoms with Gasteiger partial charge in [0.15, 0.2) is 12.6 Å². The van der Waals surface area contributed by atoms with E-state index in [0.29, 0.717) is 18.8 Å². The summed E-state index contributed by atoms with van der Waals surface area (Å²) in [6, 6.07) is 14.5. The summed E-state index contributed by atoms with van der Waals surface area (Å²) in [5, 5.41) is 6.68. The number of nitrogens with one attached hydrogen (secondary N) is 2. The van der Waals surface area contributed by atoms with Crippen molar-refractivity contribution in [2.75, 3.05) is 33.8 Å². The second-order valence-corrected chi connectivity index (χ2v) is 8.06. The van der Waals surface area contributed by atoms with E-state index in [2.05, 4.69) is 15.6 Å². The molecule has 0 heterocycles. The highest BCUT2D eigenvalue weighted by Gasteiger charge is 2.44. The van der Waals surface area contributed by atoms with Crippen LogP contribution in [0.2, 0.25) is 0 Å². The highest BCUT2D eigenvalue weighted by molar-refractivity contribution is 14.0. The second-order valence-electron chi connectivity index (χ2n) is 8.06. The molecule has 0 saturated heterocycles.